The lowest BCUT2D eigenvalue weighted by atomic mass is 9.76. The van der Waals surface area contributed by atoms with Gasteiger partial charge in [0, 0.05) is 30.9 Å². The summed E-state index contributed by atoms with van der Waals surface area (Å²) in [7, 11) is 1.52. The van der Waals surface area contributed by atoms with E-state index in [0.29, 0.717) is 12.5 Å². The average Bonchev–Trinajstić information content (AvgIpc) is 3.17. The maximum atomic E-state index is 13.6. The van der Waals surface area contributed by atoms with E-state index in [-0.39, 0.29) is 23.8 Å². The van der Waals surface area contributed by atoms with E-state index >= 15 is 0 Å². The smallest absolute Gasteiger partial charge is 0.253 e. The summed E-state index contributed by atoms with van der Waals surface area (Å²) < 4.78 is 0. The van der Waals surface area contributed by atoms with Crippen LogP contribution in [0, 0.1) is 17.8 Å². The fourth-order valence-corrected chi connectivity index (χ4v) is 5.11. The Morgan fingerprint density at radius 2 is 1.93 bits per heavy atom. The lowest BCUT2D eigenvalue weighted by Gasteiger charge is -2.30. The number of hydrogen-bond donors (Lipinski definition) is 1. The van der Waals surface area contributed by atoms with Crippen LogP contribution in [0.15, 0.2) is 36.9 Å². The van der Waals surface area contributed by atoms with Gasteiger partial charge in [-0.2, -0.15) is 0 Å². The number of nitrogens with zero attached hydrogens (tertiary/aromatic N) is 2. The molecule has 0 aromatic heterocycles. The number of rotatable bonds is 4. The van der Waals surface area contributed by atoms with Crippen LogP contribution >= 0.6 is 0 Å². The third kappa shape index (κ3) is 2.19. The number of carbonyl (C=O) groups excluding carboxylic acids is 3. The van der Waals surface area contributed by atoms with Crippen LogP contribution < -0.4 is 10.2 Å². The number of likely N-dealkylation sites (tertiary alicyclic amines) is 1. The van der Waals surface area contributed by atoms with E-state index in [1.54, 1.807) is 11.0 Å². The number of para-hydroxylation sites is 1. The van der Waals surface area contributed by atoms with E-state index in [1.165, 1.54) is 11.9 Å². The van der Waals surface area contributed by atoms with Crippen molar-refractivity contribution in [1.82, 2.24) is 10.2 Å². The van der Waals surface area contributed by atoms with Crippen molar-refractivity contribution < 1.29 is 14.4 Å². The van der Waals surface area contributed by atoms with Gasteiger partial charge in [-0.15, -0.1) is 6.58 Å². The molecule has 27 heavy (non-hydrogen) atoms. The largest absolute Gasteiger partial charge is 0.306 e. The third-order valence-corrected chi connectivity index (χ3v) is 6.12. The molecular formula is C21H25N3O3. The molecule has 4 atom stereocenters. The van der Waals surface area contributed by atoms with Gasteiger partial charge in [-0.25, -0.2) is 0 Å². The van der Waals surface area contributed by atoms with Crippen molar-refractivity contribution in [3.05, 3.63) is 42.5 Å². The van der Waals surface area contributed by atoms with Crippen LogP contribution in [0.4, 0.5) is 5.69 Å². The van der Waals surface area contributed by atoms with Gasteiger partial charge in [-0.05, 0) is 18.4 Å². The number of hydrogen-bond acceptors (Lipinski definition) is 4. The standard InChI is InChI=1S/C21H25N3O3/c1-5-10-24-15-9-7-6-8-13(15)21(20(24)27)17-16(14(22-21)11-12(2)3)18(25)23(4)19(17)26/h5-9,12,14,16-17,22H,1,10-11H2,2-4H3/t14-,16+,17-,21+/m1/s1. The zero-order valence-electron chi connectivity index (χ0n) is 15.9. The fraction of sp³-hybridized carbons (Fsp3) is 0.476. The van der Waals surface area contributed by atoms with E-state index in [0.717, 1.165) is 17.7 Å². The summed E-state index contributed by atoms with van der Waals surface area (Å²) in [5, 5.41) is 3.48. The van der Waals surface area contributed by atoms with Crippen molar-refractivity contribution in [3.63, 3.8) is 0 Å². The highest BCUT2D eigenvalue weighted by Crippen LogP contribution is 2.54. The van der Waals surface area contributed by atoms with Crippen molar-refractivity contribution in [1.29, 1.82) is 0 Å². The van der Waals surface area contributed by atoms with Crippen LogP contribution in [-0.4, -0.2) is 42.3 Å². The van der Waals surface area contributed by atoms with Crippen LogP contribution in [0.2, 0.25) is 0 Å². The van der Waals surface area contributed by atoms with Crippen molar-refractivity contribution in [2.45, 2.75) is 31.8 Å². The second-order valence-electron chi connectivity index (χ2n) is 8.15. The van der Waals surface area contributed by atoms with E-state index in [1.807, 2.05) is 24.3 Å². The molecule has 0 radical (unpaired) electrons. The lowest BCUT2D eigenvalue weighted by molar-refractivity contribution is -0.141. The zero-order chi connectivity index (χ0) is 19.5. The molecule has 3 heterocycles. The number of carbonyl (C=O) groups is 3. The Morgan fingerprint density at radius 1 is 1.22 bits per heavy atom. The monoisotopic (exact) mass is 367 g/mol. The first-order valence-corrected chi connectivity index (χ1v) is 9.46. The molecule has 1 aromatic rings. The Kier molecular flexibility index (Phi) is 4.00. The average molecular weight is 367 g/mol. The first-order valence-electron chi connectivity index (χ1n) is 9.46. The Hall–Kier alpha value is -2.47. The molecule has 4 rings (SSSR count). The van der Waals surface area contributed by atoms with Gasteiger partial charge in [-0.1, -0.05) is 38.1 Å². The van der Waals surface area contributed by atoms with Gasteiger partial charge in [0.25, 0.3) is 5.91 Å². The molecule has 142 valence electrons. The molecule has 3 amide bonds. The van der Waals surface area contributed by atoms with E-state index < -0.39 is 17.4 Å². The number of fused-ring (bicyclic) bond motifs is 4. The number of imide groups is 1. The summed E-state index contributed by atoms with van der Waals surface area (Å²) in [5.74, 6) is -1.50. The van der Waals surface area contributed by atoms with Crippen LogP contribution in [0.1, 0.15) is 25.8 Å². The minimum atomic E-state index is -1.18. The molecule has 0 aliphatic carbocycles. The molecule has 1 aromatic carbocycles. The first-order chi connectivity index (χ1) is 12.8. The van der Waals surface area contributed by atoms with E-state index in [2.05, 4.69) is 25.7 Å². The summed E-state index contributed by atoms with van der Waals surface area (Å²) in [4.78, 5) is 42.5. The van der Waals surface area contributed by atoms with Gasteiger partial charge in [0.15, 0.2) is 0 Å². The molecule has 2 saturated heterocycles. The lowest BCUT2D eigenvalue weighted by Crippen LogP contribution is -2.55. The second-order valence-corrected chi connectivity index (χ2v) is 8.15. The predicted octanol–water partition coefficient (Wildman–Crippen LogP) is 1.66. The molecule has 6 nitrogen and oxygen atoms in total. The highest BCUT2D eigenvalue weighted by molar-refractivity contribution is 6.16. The summed E-state index contributed by atoms with van der Waals surface area (Å²) in [5.41, 5.74) is 0.393. The molecule has 1 N–H and O–H groups in total. The van der Waals surface area contributed by atoms with Crippen LogP contribution in [-0.2, 0) is 19.9 Å². The maximum Gasteiger partial charge on any atom is 0.253 e. The van der Waals surface area contributed by atoms with E-state index in [9.17, 15) is 14.4 Å². The van der Waals surface area contributed by atoms with Gasteiger partial charge in [0.2, 0.25) is 11.8 Å². The van der Waals surface area contributed by atoms with Gasteiger partial charge in [0.05, 0.1) is 11.8 Å². The van der Waals surface area contributed by atoms with Gasteiger partial charge in [-0.3, -0.25) is 24.6 Å². The number of amides is 3. The van der Waals surface area contributed by atoms with Crippen molar-refractivity contribution in [2.24, 2.45) is 17.8 Å². The fourth-order valence-electron chi connectivity index (χ4n) is 5.11. The van der Waals surface area contributed by atoms with E-state index in [4.69, 9.17) is 0 Å². The topological polar surface area (TPSA) is 69.7 Å². The third-order valence-electron chi connectivity index (χ3n) is 6.12. The molecule has 2 fully saturated rings. The predicted molar refractivity (Wildman–Crippen MR) is 102 cm³/mol. The molecule has 3 aliphatic rings. The minimum Gasteiger partial charge on any atom is -0.306 e. The van der Waals surface area contributed by atoms with Crippen molar-refractivity contribution in [3.8, 4) is 0 Å². The first kappa shape index (κ1) is 17.9. The Balaban J connectivity index is 1.91. The highest BCUT2D eigenvalue weighted by atomic mass is 16.2. The normalized spacial score (nSPS) is 32.0. The Bertz CT molecular complexity index is 849. The van der Waals surface area contributed by atoms with Crippen molar-refractivity contribution >= 4 is 23.4 Å². The summed E-state index contributed by atoms with van der Waals surface area (Å²) >= 11 is 0. The second kappa shape index (κ2) is 6.02. The van der Waals surface area contributed by atoms with Gasteiger partial charge >= 0.3 is 0 Å². The molecule has 0 saturated carbocycles. The zero-order valence-corrected chi connectivity index (χ0v) is 15.9. The summed E-state index contributed by atoms with van der Waals surface area (Å²) in [6.45, 7) is 8.30. The molecule has 1 spiro atoms. The van der Waals surface area contributed by atoms with Crippen LogP contribution in [0.25, 0.3) is 0 Å². The van der Waals surface area contributed by atoms with Gasteiger partial charge < -0.3 is 4.90 Å². The minimum absolute atomic E-state index is 0.165. The quantitative estimate of drug-likeness (QED) is 0.649. The molecular weight excluding hydrogens is 342 g/mol. The maximum absolute atomic E-state index is 13.6. The number of nitrogens with one attached hydrogen (secondary N) is 1. The van der Waals surface area contributed by atoms with Crippen molar-refractivity contribution in [2.75, 3.05) is 18.5 Å². The van der Waals surface area contributed by atoms with Crippen LogP contribution in [0.3, 0.4) is 0 Å². The Morgan fingerprint density at radius 3 is 2.59 bits per heavy atom. The highest BCUT2D eigenvalue weighted by Gasteiger charge is 2.70. The van der Waals surface area contributed by atoms with Crippen LogP contribution in [0.5, 0.6) is 0 Å². The molecule has 3 aliphatic heterocycles. The molecule has 0 unspecified atom stereocenters. The Labute approximate surface area is 159 Å². The number of benzene rings is 1. The summed E-state index contributed by atoms with van der Waals surface area (Å²) in [6.07, 6.45) is 2.41. The summed E-state index contributed by atoms with van der Waals surface area (Å²) in [6, 6.07) is 7.34. The number of anilines is 1. The SMILES string of the molecule is C=CCN1C(=O)[C@]2(N[C@H](CC(C)C)[C@@H]3C(=O)N(C)C(=O)[C@@H]32)c2ccccc21. The molecule has 6 heteroatoms. The molecule has 0 bridgehead atoms. The van der Waals surface area contributed by atoms with Gasteiger partial charge in [0.1, 0.15) is 5.54 Å².